The van der Waals surface area contributed by atoms with Crippen molar-refractivity contribution in [3.8, 4) is 0 Å². The molecule has 0 aliphatic carbocycles. The number of nitrogens with two attached hydrogens (primary N) is 1. The van der Waals surface area contributed by atoms with E-state index in [4.69, 9.17) is 12.2 Å². The molecule has 1 aromatic rings. The SMILES string of the molecule is [2H]Cn1cncc1C[C@H](NC(=O)CCCN)C(=O)O. The van der Waals surface area contributed by atoms with Gasteiger partial charge in [-0.15, -0.1) is 0 Å². The van der Waals surface area contributed by atoms with E-state index in [2.05, 4.69) is 10.3 Å². The molecule has 100 valence electrons. The van der Waals surface area contributed by atoms with Crippen molar-refractivity contribution in [1.82, 2.24) is 14.9 Å². The number of nitrogens with zero attached hydrogens (tertiary/aromatic N) is 2. The number of imidazole rings is 1. The highest BCUT2D eigenvalue weighted by atomic mass is 16.4. The lowest BCUT2D eigenvalue weighted by molar-refractivity contribution is -0.141. The van der Waals surface area contributed by atoms with E-state index in [0.717, 1.165) is 0 Å². The summed E-state index contributed by atoms with van der Waals surface area (Å²) in [4.78, 5) is 26.5. The smallest absolute Gasteiger partial charge is 0.326 e. The molecule has 0 fully saturated rings. The van der Waals surface area contributed by atoms with Gasteiger partial charge in [0.2, 0.25) is 5.91 Å². The Kier molecular flexibility index (Phi) is 4.71. The molecule has 1 heterocycles. The fraction of sp³-hybridized carbons (Fsp3) is 0.545. The zero-order chi connectivity index (χ0) is 14.3. The normalized spacial score (nSPS) is 12.8. The Bertz CT molecular complexity index is 435. The maximum Gasteiger partial charge on any atom is 0.326 e. The van der Waals surface area contributed by atoms with Crippen LogP contribution in [0, 0.1) is 0 Å². The molecule has 7 nitrogen and oxygen atoms in total. The van der Waals surface area contributed by atoms with Gasteiger partial charge in [-0.3, -0.25) is 4.79 Å². The number of nitrogens with one attached hydrogen (secondary N) is 1. The summed E-state index contributed by atoms with van der Waals surface area (Å²) in [5.41, 5.74) is 5.88. The molecule has 4 N–H and O–H groups in total. The maximum atomic E-state index is 11.5. The van der Waals surface area contributed by atoms with Crippen molar-refractivity contribution in [2.45, 2.75) is 25.3 Å². The number of hydrogen-bond donors (Lipinski definition) is 3. The Labute approximate surface area is 106 Å². The molecular formula is C11H18N4O3. The van der Waals surface area contributed by atoms with E-state index in [1.165, 1.54) is 17.1 Å². The van der Waals surface area contributed by atoms with E-state index in [9.17, 15) is 9.59 Å². The van der Waals surface area contributed by atoms with Crippen LogP contribution in [-0.4, -0.2) is 39.1 Å². The zero-order valence-electron chi connectivity index (χ0n) is 11.0. The van der Waals surface area contributed by atoms with Gasteiger partial charge >= 0.3 is 5.97 Å². The zero-order valence-corrected chi connectivity index (χ0v) is 10.0. The van der Waals surface area contributed by atoms with E-state index in [1.54, 1.807) is 0 Å². The maximum absolute atomic E-state index is 11.5. The van der Waals surface area contributed by atoms with Gasteiger partial charge in [-0.05, 0) is 13.0 Å². The van der Waals surface area contributed by atoms with Crippen LogP contribution in [-0.2, 0) is 23.0 Å². The second-order valence-corrected chi connectivity index (χ2v) is 3.91. The van der Waals surface area contributed by atoms with Gasteiger partial charge < -0.3 is 20.7 Å². The lowest BCUT2D eigenvalue weighted by atomic mass is 10.1. The summed E-state index contributed by atoms with van der Waals surface area (Å²) < 4.78 is 8.78. The molecule has 0 bridgehead atoms. The van der Waals surface area contributed by atoms with E-state index in [1.807, 2.05) is 0 Å². The van der Waals surface area contributed by atoms with E-state index in [-0.39, 0.29) is 25.8 Å². The van der Waals surface area contributed by atoms with Crippen LogP contribution in [0.4, 0.5) is 0 Å². The molecule has 0 aromatic carbocycles. The number of carbonyl (C=O) groups is 2. The minimum absolute atomic E-state index is 0.0389. The molecule has 0 aliphatic heterocycles. The molecule has 18 heavy (non-hydrogen) atoms. The molecule has 7 heteroatoms. The first-order valence-corrected chi connectivity index (χ1v) is 5.59. The number of amides is 1. The fourth-order valence-corrected chi connectivity index (χ4v) is 1.46. The van der Waals surface area contributed by atoms with Crippen LogP contribution in [0.15, 0.2) is 12.5 Å². The van der Waals surface area contributed by atoms with Gasteiger partial charge in [-0.25, -0.2) is 9.78 Å². The van der Waals surface area contributed by atoms with Gasteiger partial charge in [0.15, 0.2) is 0 Å². The predicted molar refractivity (Wildman–Crippen MR) is 64.8 cm³/mol. The number of hydrogen-bond acceptors (Lipinski definition) is 4. The van der Waals surface area contributed by atoms with Crippen molar-refractivity contribution >= 4 is 11.9 Å². The first-order chi connectivity index (χ1) is 9.08. The number of aromatic nitrogens is 2. The van der Waals surface area contributed by atoms with Crippen molar-refractivity contribution in [2.75, 3.05) is 6.54 Å². The second kappa shape index (κ2) is 6.75. The molecule has 1 aromatic heterocycles. The third-order valence-electron chi connectivity index (χ3n) is 2.45. The molecule has 0 aliphatic rings. The first-order valence-electron chi connectivity index (χ1n) is 6.29. The number of carboxylic acid groups (broad SMARTS) is 1. The minimum Gasteiger partial charge on any atom is -0.480 e. The van der Waals surface area contributed by atoms with Crippen LogP contribution in [0.3, 0.4) is 0 Å². The first kappa shape index (κ1) is 12.6. The lowest BCUT2D eigenvalue weighted by Crippen LogP contribution is -2.42. The number of aliphatic carboxylic acids is 1. The van der Waals surface area contributed by atoms with Gasteiger partial charge in [-0.2, -0.15) is 0 Å². The van der Waals surface area contributed by atoms with E-state index in [0.29, 0.717) is 18.7 Å². The summed E-state index contributed by atoms with van der Waals surface area (Å²) >= 11 is 0. The number of aryl methyl sites for hydroxylation is 1. The Balaban J connectivity index is 2.63. The van der Waals surface area contributed by atoms with Crippen LogP contribution in [0.2, 0.25) is 0 Å². The van der Waals surface area contributed by atoms with Gasteiger partial charge in [-0.1, -0.05) is 0 Å². The molecule has 0 radical (unpaired) electrons. The minimum atomic E-state index is -1.11. The molecule has 1 atom stereocenters. The van der Waals surface area contributed by atoms with Crippen LogP contribution in [0.1, 0.15) is 19.9 Å². The van der Waals surface area contributed by atoms with E-state index >= 15 is 0 Å². The second-order valence-electron chi connectivity index (χ2n) is 3.91. The largest absolute Gasteiger partial charge is 0.480 e. The number of rotatable bonds is 7. The average Bonchev–Trinajstić information content (AvgIpc) is 2.82. The molecule has 0 saturated heterocycles. The Morgan fingerprint density at radius 3 is 3.11 bits per heavy atom. The molecule has 0 saturated carbocycles. The summed E-state index contributed by atoms with van der Waals surface area (Å²) in [6.45, 7) is 0.386. The Morgan fingerprint density at radius 2 is 2.50 bits per heavy atom. The topological polar surface area (TPSA) is 110 Å². The molecule has 0 unspecified atom stereocenters. The highest BCUT2D eigenvalue weighted by molar-refractivity contribution is 5.83. The predicted octanol–water partition coefficient (Wildman–Crippen LogP) is -0.729. The average molecular weight is 255 g/mol. The van der Waals surface area contributed by atoms with Gasteiger partial charge in [0, 0.05) is 33.1 Å². The van der Waals surface area contributed by atoms with Gasteiger partial charge in [0.1, 0.15) is 6.04 Å². The van der Waals surface area contributed by atoms with Crippen molar-refractivity contribution in [2.24, 2.45) is 12.8 Å². The van der Waals surface area contributed by atoms with Crippen molar-refractivity contribution in [1.29, 1.82) is 0 Å². The van der Waals surface area contributed by atoms with Crippen molar-refractivity contribution in [3.05, 3.63) is 18.2 Å². The summed E-state index contributed by atoms with van der Waals surface area (Å²) in [6, 6.07) is -1.02. The summed E-state index contributed by atoms with van der Waals surface area (Å²) in [5.74, 6) is -1.45. The monoisotopic (exact) mass is 255 g/mol. The summed E-state index contributed by atoms with van der Waals surface area (Å²) in [6.07, 6.45) is 3.78. The van der Waals surface area contributed by atoms with Crippen LogP contribution in [0.5, 0.6) is 0 Å². The van der Waals surface area contributed by atoms with Crippen molar-refractivity contribution < 1.29 is 16.1 Å². The molecule has 1 rings (SSSR count). The van der Waals surface area contributed by atoms with Crippen molar-refractivity contribution in [3.63, 3.8) is 0 Å². The highest BCUT2D eigenvalue weighted by Gasteiger charge is 2.21. The standard InChI is InChI=1S/C11H18N4O3/c1-15-7-13-6-8(15)5-9(11(17)18)14-10(16)3-2-4-12/h6-7,9H,2-5,12H2,1H3,(H,14,16)(H,17,18)/t9-/m0/s1/i1D. The third-order valence-corrected chi connectivity index (χ3v) is 2.45. The van der Waals surface area contributed by atoms with Gasteiger partial charge in [0.05, 0.1) is 6.33 Å². The lowest BCUT2D eigenvalue weighted by Gasteiger charge is -2.14. The third kappa shape index (κ3) is 4.17. The van der Waals surface area contributed by atoms with Crippen LogP contribution >= 0.6 is 0 Å². The quantitative estimate of drug-likeness (QED) is 0.595. The van der Waals surface area contributed by atoms with Crippen LogP contribution in [0.25, 0.3) is 0 Å². The highest BCUT2D eigenvalue weighted by Crippen LogP contribution is 2.02. The Morgan fingerprint density at radius 1 is 1.72 bits per heavy atom. The molecule has 0 spiro atoms. The number of carboxylic acids is 1. The summed E-state index contributed by atoms with van der Waals surface area (Å²) in [7, 11) is -0.0389. The van der Waals surface area contributed by atoms with Crippen LogP contribution < -0.4 is 11.1 Å². The molecular weight excluding hydrogens is 236 g/mol. The van der Waals surface area contributed by atoms with Gasteiger partial charge in [0.25, 0.3) is 0 Å². The fourth-order valence-electron chi connectivity index (χ4n) is 1.46. The van der Waals surface area contributed by atoms with E-state index < -0.39 is 12.0 Å². The number of carbonyl (C=O) groups excluding carboxylic acids is 1. The molecule has 1 amide bonds. The Hall–Kier alpha value is -1.89. The summed E-state index contributed by atoms with van der Waals surface area (Å²) in [5, 5.41) is 11.5.